The zero-order valence-corrected chi connectivity index (χ0v) is 16.9. The molecule has 4 rings (SSSR count). The van der Waals surface area contributed by atoms with Gasteiger partial charge in [-0.15, -0.1) is 0 Å². The Labute approximate surface area is 173 Å². The third-order valence-electron chi connectivity index (χ3n) is 4.65. The molecule has 2 N–H and O–H groups in total. The van der Waals surface area contributed by atoms with Crippen molar-refractivity contribution in [2.45, 2.75) is 17.9 Å². The standard InChI is InChI=1S/C21H19N5O3S/c1-15(26-14-22-13-23-26)21(27)24-18-7-9-19(10-8-18)25-30(28,29)20-11-6-16-4-2-3-5-17(16)12-20/h2-15,25H,1H3,(H,24,27)/t15-/m1/s1. The molecule has 0 spiro atoms. The maximum Gasteiger partial charge on any atom is 0.261 e. The van der Waals surface area contributed by atoms with E-state index in [9.17, 15) is 13.2 Å². The highest BCUT2D eigenvalue weighted by Crippen LogP contribution is 2.22. The van der Waals surface area contributed by atoms with Crippen molar-refractivity contribution in [1.82, 2.24) is 14.8 Å². The summed E-state index contributed by atoms with van der Waals surface area (Å²) in [7, 11) is -3.74. The van der Waals surface area contributed by atoms with Gasteiger partial charge in [0.25, 0.3) is 10.0 Å². The average molecular weight is 421 g/mol. The largest absolute Gasteiger partial charge is 0.324 e. The first-order valence-electron chi connectivity index (χ1n) is 9.19. The summed E-state index contributed by atoms with van der Waals surface area (Å²) in [6, 6.07) is 18.5. The van der Waals surface area contributed by atoms with Crippen molar-refractivity contribution in [3.63, 3.8) is 0 Å². The highest BCUT2D eigenvalue weighted by molar-refractivity contribution is 7.92. The number of hydrogen-bond donors (Lipinski definition) is 2. The number of nitrogens with zero attached hydrogens (tertiary/aromatic N) is 3. The summed E-state index contributed by atoms with van der Waals surface area (Å²) in [5.74, 6) is -0.259. The third-order valence-corrected chi connectivity index (χ3v) is 6.03. The van der Waals surface area contributed by atoms with Crippen LogP contribution < -0.4 is 10.0 Å². The Hall–Kier alpha value is -3.72. The van der Waals surface area contributed by atoms with Crippen LogP contribution in [0.1, 0.15) is 13.0 Å². The molecular weight excluding hydrogens is 402 g/mol. The topological polar surface area (TPSA) is 106 Å². The summed E-state index contributed by atoms with van der Waals surface area (Å²) >= 11 is 0. The zero-order chi connectivity index (χ0) is 21.1. The Morgan fingerprint density at radius 1 is 0.967 bits per heavy atom. The van der Waals surface area contributed by atoms with Gasteiger partial charge in [0.2, 0.25) is 5.91 Å². The van der Waals surface area contributed by atoms with Gasteiger partial charge in [-0.25, -0.2) is 18.1 Å². The van der Waals surface area contributed by atoms with Crippen molar-refractivity contribution in [1.29, 1.82) is 0 Å². The van der Waals surface area contributed by atoms with E-state index >= 15 is 0 Å². The Bertz CT molecular complexity index is 1290. The summed E-state index contributed by atoms with van der Waals surface area (Å²) in [5, 5.41) is 8.53. The van der Waals surface area contributed by atoms with E-state index in [1.54, 1.807) is 49.4 Å². The number of carbonyl (C=O) groups excluding carboxylic acids is 1. The molecule has 0 fully saturated rings. The molecular formula is C21H19N5O3S. The van der Waals surface area contributed by atoms with Gasteiger partial charge in [-0.2, -0.15) is 5.10 Å². The molecule has 30 heavy (non-hydrogen) atoms. The Balaban J connectivity index is 1.46. The summed E-state index contributed by atoms with van der Waals surface area (Å²) in [4.78, 5) is 16.3. The maximum absolute atomic E-state index is 12.7. The van der Waals surface area contributed by atoms with Crippen LogP contribution in [-0.2, 0) is 14.8 Å². The number of aromatic nitrogens is 3. The monoisotopic (exact) mass is 421 g/mol. The fraction of sp³-hybridized carbons (Fsp3) is 0.0952. The van der Waals surface area contributed by atoms with E-state index in [4.69, 9.17) is 0 Å². The number of amides is 1. The summed E-state index contributed by atoms with van der Waals surface area (Å²) < 4.78 is 29.5. The van der Waals surface area contributed by atoms with Gasteiger partial charge in [0, 0.05) is 11.4 Å². The lowest BCUT2D eigenvalue weighted by Gasteiger charge is -2.13. The quantitative estimate of drug-likeness (QED) is 0.496. The number of hydrogen-bond acceptors (Lipinski definition) is 5. The Morgan fingerprint density at radius 3 is 2.37 bits per heavy atom. The van der Waals surface area contributed by atoms with E-state index in [1.807, 2.05) is 24.3 Å². The van der Waals surface area contributed by atoms with Gasteiger partial charge in [-0.05, 0) is 54.1 Å². The van der Waals surface area contributed by atoms with Gasteiger partial charge in [0.15, 0.2) is 0 Å². The molecule has 8 nitrogen and oxygen atoms in total. The van der Waals surface area contributed by atoms with Crippen LogP contribution in [0.4, 0.5) is 11.4 Å². The summed E-state index contributed by atoms with van der Waals surface area (Å²) in [6.07, 6.45) is 2.83. The van der Waals surface area contributed by atoms with Gasteiger partial charge >= 0.3 is 0 Å². The molecule has 0 unspecified atom stereocenters. The van der Waals surface area contributed by atoms with Gasteiger partial charge in [-0.1, -0.05) is 30.3 Å². The second-order valence-corrected chi connectivity index (χ2v) is 8.41. The highest BCUT2D eigenvalue weighted by Gasteiger charge is 2.17. The fourth-order valence-corrected chi connectivity index (χ4v) is 4.05. The fourth-order valence-electron chi connectivity index (χ4n) is 2.95. The molecule has 4 aromatic rings. The SMILES string of the molecule is C[C@H](C(=O)Nc1ccc(NS(=O)(=O)c2ccc3ccccc3c2)cc1)n1cncn1. The minimum atomic E-state index is -3.74. The lowest BCUT2D eigenvalue weighted by Crippen LogP contribution is -2.24. The van der Waals surface area contributed by atoms with Crippen LogP contribution in [0.25, 0.3) is 10.8 Å². The first-order valence-corrected chi connectivity index (χ1v) is 10.7. The number of sulfonamides is 1. The first kappa shape index (κ1) is 19.6. The minimum Gasteiger partial charge on any atom is -0.324 e. The molecule has 1 amide bonds. The molecule has 0 saturated carbocycles. The first-order chi connectivity index (χ1) is 14.4. The van der Waals surface area contributed by atoms with Crippen LogP contribution >= 0.6 is 0 Å². The molecule has 1 aromatic heterocycles. The summed E-state index contributed by atoms with van der Waals surface area (Å²) in [5.41, 5.74) is 0.936. The lowest BCUT2D eigenvalue weighted by atomic mass is 10.1. The lowest BCUT2D eigenvalue weighted by molar-refractivity contribution is -0.119. The van der Waals surface area contributed by atoms with E-state index in [2.05, 4.69) is 20.1 Å². The van der Waals surface area contributed by atoms with Crippen molar-refractivity contribution < 1.29 is 13.2 Å². The van der Waals surface area contributed by atoms with Crippen LogP contribution in [0.2, 0.25) is 0 Å². The molecule has 152 valence electrons. The van der Waals surface area contributed by atoms with Gasteiger partial charge in [0.1, 0.15) is 18.7 Å². The van der Waals surface area contributed by atoms with Crippen LogP contribution in [0, 0.1) is 0 Å². The van der Waals surface area contributed by atoms with Crippen molar-refractivity contribution in [2.75, 3.05) is 10.0 Å². The second-order valence-electron chi connectivity index (χ2n) is 6.73. The molecule has 1 atom stereocenters. The van der Waals surface area contributed by atoms with Crippen LogP contribution in [0.15, 0.2) is 84.3 Å². The number of anilines is 2. The maximum atomic E-state index is 12.7. The second kappa shape index (κ2) is 7.96. The van der Waals surface area contributed by atoms with Gasteiger partial charge < -0.3 is 5.32 Å². The van der Waals surface area contributed by atoms with Crippen LogP contribution in [-0.4, -0.2) is 29.1 Å². The van der Waals surface area contributed by atoms with E-state index in [0.717, 1.165) is 10.8 Å². The Kier molecular flexibility index (Phi) is 5.20. The van der Waals surface area contributed by atoms with Crippen molar-refractivity contribution in [2.24, 2.45) is 0 Å². The van der Waals surface area contributed by atoms with Gasteiger partial charge in [0.05, 0.1) is 4.90 Å². The molecule has 0 bridgehead atoms. The zero-order valence-electron chi connectivity index (χ0n) is 16.1. The number of nitrogens with one attached hydrogen (secondary N) is 2. The normalized spacial score (nSPS) is 12.4. The minimum absolute atomic E-state index is 0.181. The van der Waals surface area contributed by atoms with E-state index in [0.29, 0.717) is 11.4 Å². The highest BCUT2D eigenvalue weighted by atomic mass is 32.2. The van der Waals surface area contributed by atoms with E-state index in [1.165, 1.54) is 17.3 Å². The molecule has 3 aromatic carbocycles. The molecule has 1 heterocycles. The predicted molar refractivity (Wildman–Crippen MR) is 115 cm³/mol. The number of carbonyl (C=O) groups is 1. The van der Waals surface area contributed by atoms with Crippen molar-refractivity contribution >= 4 is 38.1 Å². The molecule has 0 aliphatic carbocycles. The molecule has 9 heteroatoms. The number of benzene rings is 3. The molecule has 0 radical (unpaired) electrons. The number of fused-ring (bicyclic) bond motifs is 1. The van der Waals surface area contributed by atoms with E-state index < -0.39 is 16.1 Å². The Morgan fingerprint density at radius 2 is 1.67 bits per heavy atom. The molecule has 0 aliphatic heterocycles. The van der Waals surface area contributed by atoms with Crippen molar-refractivity contribution in [3.05, 3.63) is 79.4 Å². The third kappa shape index (κ3) is 4.15. The smallest absolute Gasteiger partial charge is 0.261 e. The summed E-state index contributed by atoms with van der Waals surface area (Å²) in [6.45, 7) is 1.70. The van der Waals surface area contributed by atoms with Crippen LogP contribution in [0.5, 0.6) is 0 Å². The van der Waals surface area contributed by atoms with Crippen LogP contribution in [0.3, 0.4) is 0 Å². The van der Waals surface area contributed by atoms with E-state index in [-0.39, 0.29) is 10.8 Å². The number of rotatable bonds is 6. The predicted octanol–water partition coefficient (Wildman–Crippen LogP) is 3.43. The van der Waals surface area contributed by atoms with Crippen molar-refractivity contribution in [3.8, 4) is 0 Å². The average Bonchev–Trinajstić information content (AvgIpc) is 3.29. The molecule has 0 aliphatic rings. The molecule has 0 saturated heterocycles. The van der Waals surface area contributed by atoms with Gasteiger partial charge in [-0.3, -0.25) is 9.52 Å².